The minimum absolute atomic E-state index is 0.181. The van der Waals surface area contributed by atoms with Gasteiger partial charge < -0.3 is 10.1 Å². The summed E-state index contributed by atoms with van der Waals surface area (Å²) in [5.41, 5.74) is 1.50. The van der Waals surface area contributed by atoms with E-state index in [-0.39, 0.29) is 5.54 Å². The molecule has 4 nitrogen and oxygen atoms in total. The Morgan fingerprint density at radius 1 is 1.38 bits per heavy atom. The Kier molecular flexibility index (Phi) is 5.31. The van der Waals surface area contributed by atoms with E-state index in [0.717, 1.165) is 25.3 Å². The summed E-state index contributed by atoms with van der Waals surface area (Å²) in [5.74, 6) is 2.23. The molecule has 1 aromatic heterocycles. The number of hydrogen-bond acceptors (Lipinski definition) is 3. The molecule has 2 rings (SSSR count). The van der Waals surface area contributed by atoms with Crippen LogP contribution in [0.25, 0.3) is 0 Å². The SMILES string of the molecule is CCCn1ncc(OC)c1C1CCCC1CNC(C)(C)C. The Labute approximate surface area is 129 Å². The molecule has 0 aromatic carbocycles. The lowest BCUT2D eigenvalue weighted by Gasteiger charge is -2.27. The molecule has 1 aliphatic rings. The van der Waals surface area contributed by atoms with E-state index < -0.39 is 0 Å². The molecule has 2 atom stereocenters. The van der Waals surface area contributed by atoms with Gasteiger partial charge in [0.25, 0.3) is 0 Å². The van der Waals surface area contributed by atoms with Crippen LogP contribution in [-0.4, -0.2) is 29.0 Å². The van der Waals surface area contributed by atoms with Crippen molar-refractivity contribution in [1.29, 1.82) is 0 Å². The van der Waals surface area contributed by atoms with Crippen molar-refractivity contribution in [3.63, 3.8) is 0 Å². The highest BCUT2D eigenvalue weighted by Crippen LogP contribution is 2.43. The first-order valence-electron chi connectivity index (χ1n) is 8.31. The summed E-state index contributed by atoms with van der Waals surface area (Å²) in [6, 6.07) is 0. The number of hydrogen-bond donors (Lipinski definition) is 1. The topological polar surface area (TPSA) is 39.1 Å². The van der Waals surface area contributed by atoms with Crippen LogP contribution in [0.3, 0.4) is 0 Å². The lowest BCUT2D eigenvalue weighted by atomic mass is 9.91. The molecule has 1 N–H and O–H groups in total. The molecule has 1 aliphatic carbocycles. The van der Waals surface area contributed by atoms with Gasteiger partial charge in [-0.1, -0.05) is 13.3 Å². The van der Waals surface area contributed by atoms with E-state index in [9.17, 15) is 0 Å². The van der Waals surface area contributed by atoms with E-state index in [1.165, 1.54) is 25.0 Å². The maximum absolute atomic E-state index is 5.57. The van der Waals surface area contributed by atoms with Crippen molar-refractivity contribution in [2.75, 3.05) is 13.7 Å². The highest BCUT2D eigenvalue weighted by atomic mass is 16.5. The van der Waals surface area contributed by atoms with Crippen molar-refractivity contribution in [2.24, 2.45) is 5.92 Å². The van der Waals surface area contributed by atoms with Gasteiger partial charge in [-0.3, -0.25) is 4.68 Å². The lowest BCUT2D eigenvalue weighted by Crippen LogP contribution is -2.39. The van der Waals surface area contributed by atoms with Crippen molar-refractivity contribution in [1.82, 2.24) is 15.1 Å². The van der Waals surface area contributed by atoms with Gasteiger partial charge in [0.2, 0.25) is 0 Å². The zero-order valence-electron chi connectivity index (χ0n) is 14.3. The molecule has 0 aliphatic heterocycles. The highest BCUT2D eigenvalue weighted by molar-refractivity contribution is 5.30. The molecule has 0 saturated heterocycles. The fourth-order valence-electron chi connectivity index (χ4n) is 3.38. The summed E-state index contributed by atoms with van der Waals surface area (Å²) in [7, 11) is 1.76. The maximum atomic E-state index is 5.57. The number of nitrogens with zero attached hydrogens (tertiary/aromatic N) is 2. The number of rotatable bonds is 6. The van der Waals surface area contributed by atoms with Gasteiger partial charge in [0.05, 0.1) is 19.0 Å². The summed E-state index contributed by atoms with van der Waals surface area (Å²) in [6.07, 6.45) is 6.85. The Hall–Kier alpha value is -1.03. The van der Waals surface area contributed by atoms with Gasteiger partial charge in [-0.15, -0.1) is 0 Å². The molecule has 0 radical (unpaired) electrons. The van der Waals surface area contributed by atoms with E-state index in [1.807, 2.05) is 6.20 Å². The van der Waals surface area contributed by atoms with E-state index in [4.69, 9.17) is 4.74 Å². The van der Waals surface area contributed by atoms with Crippen LogP contribution in [0, 0.1) is 5.92 Å². The Balaban J connectivity index is 2.17. The second-order valence-corrected chi connectivity index (χ2v) is 7.25. The smallest absolute Gasteiger partial charge is 0.160 e. The van der Waals surface area contributed by atoms with Gasteiger partial charge in [-0.2, -0.15) is 5.10 Å². The lowest BCUT2D eigenvalue weighted by molar-refractivity contribution is 0.339. The second-order valence-electron chi connectivity index (χ2n) is 7.25. The molecule has 120 valence electrons. The standard InChI is InChI=1S/C17H31N3O/c1-6-10-20-16(15(21-5)12-19-20)14-9-7-8-13(14)11-18-17(2,3)4/h12-14,18H,6-11H2,1-5H3. The van der Waals surface area contributed by atoms with E-state index in [2.05, 4.69) is 42.8 Å². The van der Waals surface area contributed by atoms with Gasteiger partial charge in [0.1, 0.15) is 0 Å². The summed E-state index contributed by atoms with van der Waals surface area (Å²) >= 11 is 0. The van der Waals surface area contributed by atoms with E-state index >= 15 is 0 Å². The summed E-state index contributed by atoms with van der Waals surface area (Å²) in [4.78, 5) is 0. The van der Waals surface area contributed by atoms with Crippen LogP contribution in [0.1, 0.15) is 65.0 Å². The van der Waals surface area contributed by atoms with Crippen LogP contribution < -0.4 is 10.1 Å². The third-order valence-corrected chi connectivity index (χ3v) is 4.41. The largest absolute Gasteiger partial charge is 0.493 e. The highest BCUT2D eigenvalue weighted by Gasteiger charge is 2.33. The molecule has 0 amide bonds. The molecule has 21 heavy (non-hydrogen) atoms. The predicted octanol–water partition coefficient (Wildman–Crippen LogP) is 3.57. The van der Waals surface area contributed by atoms with Gasteiger partial charge in [-0.05, 0) is 52.5 Å². The zero-order valence-corrected chi connectivity index (χ0v) is 14.3. The summed E-state index contributed by atoms with van der Waals surface area (Å²) in [5, 5.41) is 8.21. The first kappa shape index (κ1) is 16.3. The molecule has 1 heterocycles. The summed E-state index contributed by atoms with van der Waals surface area (Å²) in [6.45, 7) is 11.0. The Bertz CT molecular complexity index is 447. The molecule has 1 fully saturated rings. The van der Waals surface area contributed by atoms with Crippen molar-refractivity contribution in [3.05, 3.63) is 11.9 Å². The van der Waals surface area contributed by atoms with Crippen LogP contribution in [0.2, 0.25) is 0 Å². The average molecular weight is 293 g/mol. The van der Waals surface area contributed by atoms with Crippen molar-refractivity contribution < 1.29 is 4.74 Å². The number of methoxy groups -OCH3 is 1. The van der Waals surface area contributed by atoms with Gasteiger partial charge in [0, 0.05) is 18.0 Å². The minimum atomic E-state index is 0.181. The molecular formula is C17H31N3O. The molecule has 0 bridgehead atoms. The van der Waals surface area contributed by atoms with Crippen LogP contribution in [0.15, 0.2) is 6.20 Å². The predicted molar refractivity (Wildman–Crippen MR) is 86.9 cm³/mol. The summed E-state index contributed by atoms with van der Waals surface area (Å²) < 4.78 is 7.74. The maximum Gasteiger partial charge on any atom is 0.160 e. The molecular weight excluding hydrogens is 262 g/mol. The Morgan fingerprint density at radius 2 is 2.14 bits per heavy atom. The molecule has 1 aromatic rings. The first-order valence-corrected chi connectivity index (χ1v) is 8.31. The van der Waals surface area contributed by atoms with Crippen LogP contribution in [-0.2, 0) is 6.54 Å². The monoisotopic (exact) mass is 293 g/mol. The fraction of sp³-hybridized carbons (Fsp3) is 0.824. The van der Waals surface area contributed by atoms with E-state index in [0.29, 0.717) is 11.8 Å². The van der Waals surface area contributed by atoms with Crippen LogP contribution >= 0.6 is 0 Å². The number of aryl methyl sites for hydroxylation is 1. The van der Waals surface area contributed by atoms with Crippen molar-refractivity contribution in [3.8, 4) is 5.75 Å². The van der Waals surface area contributed by atoms with Gasteiger partial charge in [-0.25, -0.2) is 0 Å². The second kappa shape index (κ2) is 6.82. The van der Waals surface area contributed by atoms with Crippen molar-refractivity contribution >= 4 is 0 Å². The van der Waals surface area contributed by atoms with E-state index in [1.54, 1.807) is 7.11 Å². The molecule has 1 saturated carbocycles. The molecule has 4 heteroatoms. The third-order valence-electron chi connectivity index (χ3n) is 4.41. The first-order chi connectivity index (χ1) is 9.96. The Morgan fingerprint density at radius 3 is 2.76 bits per heavy atom. The molecule has 0 spiro atoms. The minimum Gasteiger partial charge on any atom is -0.493 e. The third kappa shape index (κ3) is 4.00. The molecule has 2 unspecified atom stereocenters. The normalized spacial score (nSPS) is 22.7. The van der Waals surface area contributed by atoms with Crippen molar-refractivity contribution in [2.45, 2.75) is 71.4 Å². The van der Waals surface area contributed by atoms with Gasteiger partial charge in [0.15, 0.2) is 5.75 Å². The average Bonchev–Trinajstić information content (AvgIpc) is 3.01. The number of ether oxygens (including phenoxy) is 1. The fourth-order valence-corrected chi connectivity index (χ4v) is 3.38. The van der Waals surface area contributed by atoms with Gasteiger partial charge >= 0.3 is 0 Å². The van der Waals surface area contributed by atoms with Crippen LogP contribution in [0.4, 0.5) is 0 Å². The number of nitrogens with one attached hydrogen (secondary N) is 1. The van der Waals surface area contributed by atoms with Crippen LogP contribution in [0.5, 0.6) is 5.75 Å². The number of aromatic nitrogens is 2. The quantitative estimate of drug-likeness (QED) is 0.871. The zero-order chi connectivity index (χ0) is 15.5.